The summed E-state index contributed by atoms with van der Waals surface area (Å²) in [5, 5.41) is 7.50. The predicted molar refractivity (Wildman–Crippen MR) is 72.8 cm³/mol. The Morgan fingerprint density at radius 3 is 1.93 bits per heavy atom. The highest BCUT2D eigenvalue weighted by Crippen LogP contribution is 2.37. The van der Waals surface area contributed by atoms with E-state index in [4.69, 9.17) is 5.41 Å². The molecular formula is C13H23NS. The first-order valence-corrected chi connectivity index (χ1v) is 6.41. The van der Waals surface area contributed by atoms with E-state index in [0.29, 0.717) is 5.71 Å². The minimum Gasteiger partial charge on any atom is -0.306 e. The van der Waals surface area contributed by atoms with Gasteiger partial charge >= 0.3 is 0 Å². The van der Waals surface area contributed by atoms with E-state index in [9.17, 15) is 0 Å². The normalized spacial score (nSPS) is 15.0. The van der Waals surface area contributed by atoms with Crippen molar-refractivity contribution in [2.45, 2.75) is 41.5 Å². The van der Waals surface area contributed by atoms with E-state index in [0.717, 1.165) is 0 Å². The molecule has 86 valence electrons. The zero-order chi connectivity index (χ0) is 12.2. The van der Waals surface area contributed by atoms with Gasteiger partial charge in [-0.05, 0) is 44.9 Å². The molecule has 0 unspecified atom stereocenters. The van der Waals surface area contributed by atoms with E-state index in [2.05, 4.69) is 40.9 Å². The van der Waals surface area contributed by atoms with Gasteiger partial charge in [0.25, 0.3) is 0 Å². The summed E-state index contributed by atoms with van der Waals surface area (Å²) in [5.74, 6) is 0. The zero-order valence-corrected chi connectivity index (χ0v) is 11.8. The van der Waals surface area contributed by atoms with Crippen LogP contribution in [0.25, 0.3) is 0 Å². The fourth-order valence-corrected chi connectivity index (χ4v) is 1.96. The Bertz CT molecular complexity index is 308. The van der Waals surface area contributed by atoms with Gasteiger partial charge in [0, 0.05) is 11.1 Å². The lowest BCUT2D eigenvalue weighted by Crippen LogP contribution is -2.16. The third kappa shape index (κ3) is 3.86. The van der Waals surface area contributed by atoms with E-state index >= 15 is 0 Å². The van der Waals surface area contributed by atoms with Gasteiger partial charge in [-0.1, -0.05) is 25.0 Å². The van der Waals surface area contributed by atoms with Crippen molar-refractivity contribution in [2.24, 2.45) is 5.41 Å². The molecule has 0 aromatic carbocycles. The molecule has 0 bridgehead atoms. The summed E-state index contributed by atoms with van der Waals surface area (Å²) in [7, 11) is 0. The summed E-state index contributed by atoms with van der Waals surface area (Å²) in [6.45, 7) is 12.7. The first-order chi connectivity index (χ1) is 6.73. The van der Waals surface area contributed by atoms with Crippen LogP contribution < -0.4 is 0 Å². The van der Waals surface area contributed by atoms with Gasteiger partial charge in [0.15, 0.2) is 0 Å². The van der Waals surface area contributed by atoms with E-state index in [1.165, 1.54) is 16.1 Å². The maximum atomic E-state index is 7.50. The molecule has 0 spiro atoms. The van der Waals surface area contributed by atoms with E-state index in [-0.39, 0.29) is 5.41 Å². The van der Waals surface area contributed by atoms with Crippen molar-refractivity contribution >= 4 is 17.5 Å². The molecule has 1 N–H and O–H groups in total. The van der Waals surface area contributed by atoms with Crippen LogP contribution in [0.1, 0.15) is 41.5 Å². The maximum Gasteiger partial charge on any atom is 0.0282 e. The molecular weight excluding hydrogens is 202 g/mol. The second-order valence-corrected chi connectivity index (χ2v) is 5.54. The molecule has 0 radical (unpaired) electrons. The predicted octanol–water partition coefficient (Wildman–Crippen LogP) is 4.66. The molecule has 1 nitrogen and oxygen atoms in total. The van der Waals surface area contributed by atoms with Crippen molar-refractivity contribution in [1.82, 2.24) is 0 Å². The topological polar surface area (TPSA) is 23.9 Å². The smallest absolute Gasteiger partial charge is 0.0282 e. The average molecular weight is 225 g/mol. The number of hydrogen-bond donors (Lipinski definition) is 1. The summed E-state index contributed by atoms with van der Waals surface area (Å²) in [6.07, 6.45) is 4.06. The second-order valence-electron chi connectivity index (χ2n) is 4.52. The fourth-order valence-electron chi connectivity index (χ4n) is 1.39. The minimum atomic E-state index is 0.0510. The summed E-state index contributed by atoms with van der Waals surface area (Å²) in [5.41, 5.74) is 3.32. The van der Waals surface area contributed by atoms with Gasteiger partial charge in [0.1, 0.15) is 0 Å². The van der Waals surface area contributed by atoms with Gasteiger partial charge in [0.2, 0.25) is 0 Å². The molecule has 2 heteroatoms. The average Bonchev–Trinajstić information content (AvgIpc) is 2.14. The van der Waals surface area contributed by atoms with Crippen molar-refractivity contribution < 1.29 is 0 Å². The van der Waals surface area contributed by atoms with Crippen LogP contribution in [0.3, 0.4) is 0 Å². The minimum absolute atomic E-state index is 0.0510. The van der Waals surface area contributed by atoms with E-state index < -0.39 is 0 Å². The van der Waals surface area contributed by atoms with Crippen LogP contribution in [0.5, 0.6) is 0 Å². The Morgan fingerprint density at radius 1 is 1.13 bits per heavy atom. The Hall–Kier alpha value is -0.500. The Kier molecular flexibility index (Phi) is 5.36. The van der Waals surface area contributed by atoms with Crippen LogP contribution in [0.4, 0.5) is 0 Å². The molecule has 0 aliphatic heterocycles. The molecule has 0 amide bonds. The van der Waals surface area contributed by atoms with Crippen LogP contribution in [0.2, 0.25) is 0 Å². The van der Waals surface area contributed by atoms with Gasteiger partial charge in [-0.25, -0.2) is 0 Å². The van der Waals surface area contributed by atoms with Gasteiger partial charge in [0.05, 0.1) is 0 Å². The zero-order valence-electron chi connectivity index (χ0n) is 11.0. The van der Waals surface area contributed by atoms with E-state index in [1.807, 2.05) is 13.0 Å². The first-order valence-electron chi connectivity index (χ1n) is 5.19. The molecule has 0 aromatic rings. The van der Waals surface area contributed by atoms with Crippen LogP contribution in [0.15, 0.2) is 22.1 Å². The molecule has 15 heavy (non-hydrogen) atoms. The fraction of sp³-hybridized carbons (Fsp3) is 0.615. The van der Waals surface area contributed by atoms with Gasteiger partial charge in [-0.15, -0.1) is 11.8 Å². The van der Waals surface area contributed by atoms with Crippen molar-refractivity contribution in [1.29, 1.82) is 5.41 Å². The van der Waals surface area contributed by atoms with Crippen LogP contribution in [0, 0.1) is 10.8 Å². The second kappa shape index (κ2) is 5.55. The van der Waals surface area contributed by atoms with Crippen LogP contribution in [-0.2, 0) is 0 Å². The maximum absolute atomic E-state index is 7.50. The first kappa shape index (κ1) is 14.5. The lowest BCUT2D eigenvalue weighted by Gasteiger charge is -2.29. The quantitative estimate of drug-likeness (QED) is 0.691. The summed E-state index contributed by atoms with van der Waals surface area (Å²) < 4.78 is 0. The molecule has 0 aliphatic rings. The van der Waals surface area contributed by atoms with E-state index in [1.54, 1.807) is 11.8 Å². The third-order valence-electron chi connectivity index (χ3n) is 3.19. The lowest BCUT2D eigenvalue weighted by atomic mass is 9.78. The Balaban J connectivity index is 5.23. The van der Waals surface area contributed by atoms with Gasteiger partial charge in [-0.3, -0.25) is 0 Å². The van der Waals surface area contributed by atoms with Crippen LogP contribution in [-0.4, -0.2) is 12.0 Å². The molecule has 0 aliphatic carbocycles. The third-order valence-corrected chi connectivity index (χ3v) is 4.11. The van der Waals surface area contributed by atoms with Crippen molar-refractivity contribution in [3.05, 3.63) is 22.1 Å². The van der Waals surface area contributed by atoms with Crippen molar-refractivity contribution in [3.63, 3.8) is 0 Å². The monoisotopic (exact) mass is 225 g/mol. The number of thioether (sulfide) groups is 1. The highest BCUT2D eigenvalue weighted by molar-refractivity contribution is 8.02. The van der Waals surface area contributed by atoms with Gasteiger partial charge < -0.3 is 5.41 Å². The largest absolute Gasteiger partial charge is 0.306 e. The molecule has 0 fully saturated rings. The highest BCUT2D eigenvalue weighted by Gasteiger charge is 2.23. The van der Waals surface area contributed by atoms with Gasteiger partial charge in [-0.2, -0.15) is 0 Å². The number of allylic oxidation sites excluding steroid dienone is 4. The number of nitrogens with one attached hydrogen (secondary N) is 1. The molecule has 0 saturated carbocycles. The van der Waals surface area contributed by atoms with Crippen molar-refractivity contribution in [2.75, 3.05) is 6.26 Å². The molecule has 0 aromatic heterocycles. The summed E-state index contributed by atoms with van der Waals surface area (Å²) in [4.78, 5) is 1.37. The van der Waals surface area contributed by atoms with Crippen LogP contribution >= 0.6 is 11.8 Å². The summed E-state index contributed by atoms with van der Waals surface area (Å²) in [6, 6.07) is 0. The Morgan fingerprint density at radius 2 is 1.60 bits per heavy atom. The lowest BCUT2D eigenvalue weighted by molar-refractivity contribution is 0.536. The molecule has 0 saturated heterocycles. The standard InChI is InChI=1S/C13H23NS/c1-9(8-10(2)14)13(5,6)11(3)12(4)15-7/h8,14H,1-7H3/b9-8+,12-11+,14-10?. The number of hydrogen-bond acceptors (Lipinski definition) is 2. The Labute approximate surface area is 98.5 Å². The molecule has 0 rings (SSSR count). The van der Waals surface area contributed by atoms with Crippen molar-refractivity contribution in [3.8, 4) is 0 Å². The highest BCUT2D eigenvalue weighted by atomic mass is 32.2. The SMILES string of the molecule is CS/C(C)=C(\C)C(C)(C)/C(C)=C/C(C)=N. The number of rotatable bonds is 4. The molecule has 0 atom stereocenters. The molecule has 0 heterocycles. The summed E-state index contributed by atoms with van der Waals surface area (Å²) >= 11 is 1.79.